The van der Waals surface area contributed by atoms with Gasteiger partial charge in [0.15, 0.2) is 0 Å². The van der Waals surface area contributed by atoms with Gasteiger partial charge in [0.05, 0.1) is 18.4 Å². The molecule has 1 aromatic carbocycles. The van der Waals surface area contributed by atoms with Crippen LogP contribution in [0.4, 0.5) is 14.5 Å². The molecule has 3 rings (SSSR count). The summed E-state index contributed by atoms with van der Waals surface area (Å²) in [4.78, 5) is 2.71. The van der Waals surface area contributed by atoms with Gasteiger partial charge in [-0.15, -0.1) is 11.6 Å². The Morgan fingerprint density at radius 2 is 2.12 bits per heavy atom. The van der Waals surface area contributed by atoms with E-state index in [1.54, 1.807) is 12.1 Å². The fourth-order valence-corrected chi connectivity index (χ4v) is 4.03. The van der Waals surface area contributed by atoms with Crippen molar-refractivity contribution in [3.05, 3.63) is 41.3 Å². The van der Waals surface area contributed by atoms with Crippen molar-refractivity contribution in [1.29, 1.82) is 0 Å². The Labute approximate surface area is 151 Å². The van der Waals surface area contributed by atoms with Crippen molar-refractivity contribution in [2.75, 3.05) is 10.6 Å². The number of aryl methyl sites for hydroxylation is 1. The number of nitrogens with zero attached hydrogens (tertiary/aromatic N) is 2. The predicted molar refractivity (Wildman–Crippen MR) is 92.0 cm³/mol. The highest BCUT2D eigenvalue weighted by Crippen LogP contribution is 2.31. The zero-order chi connectivity index (χ0) is 18.2. The third-order valence-corrected chi connectivity index (χ3v) is 5.33. The van der Waals surface area contributed by atoms with Gasteiger partial charge in [0, 0.05) is 28.0 Å². The highest BCUT2D eigenvalue weighted by Gasteiger charge is 2.26. The number of benzene rings is 1. The molecule has 11 heteroatoms. The third kappa shape index (κ3) is 3.44. The minimum Gasteiger partial charge on any atom is -0.360 e. The van der Waals surface area contributed by atoms with Crippen molar-refractivity contribution in [1.82, 2.24) is 14.8 Å². The molecule has 3 aromatic rings. The standard InChI is InChI=1S/C14H12Cl2F2N4O2S/c15-3-4-22-13(14(17)18)11(6-20-22)21-25(23,24)12-7-19-10-5-8(16)1-2-9(10)12/h1-2,5-7,14,19,21H,3-4H2. The largest absolute Gasteiger partial charge is 0.360 e. The number of rotatable bonds is 6. The number of hydrogen-bond acceptors (Lipinski definition) is 3. The van der Waals surface area contributed by atoms with Crippen LogP contribution in [0.25, 0.3) is 10.9 Å². The minimum absolute atomic E-state index is 0.0363. The summed E-state index contributed by atoms with van der Waals surface area (Å²) < 4.78 is 55.0. The maximum absolute atomic E-state index is 13.3. The maximum atomic E-state index is 13.3. The first-order valence-electron chi connectivity index (χ1n) is 7.03. The van der Waals surface area contributed by atoms with Gasteiger partial charge in [-0.1, -0.05) is 11.6 Å². The van der Waals surface area contributed by atoms with Crippen LogP contribution in [0.15, 0.2) is 35.5 Å². The number of aromatic nitrogens is 3. The van der Waals surface area contributed by atoms with Crippen molar-refractivity contribution in [3.8, 4) is 0 Å². The topological polar surface area (TPSA) is 79.8 Å². The van der Waals surface area contributed by atoms with Gasteiger partial charge in [-0.2, -0.15) is 5.10 Å². The normalized spacial score (nSPS) is 12.2. The van der Waals surface area contributed by atoms with Crippen molar-refractivity contribution in [2.24, 2.45) is 0 Å². The quantitative estimate of drug-likeness (QED) is 0.605. The van der Waals surface area contributed by atoms with Crippen LogP contribution < -0.4 is 4.72 Å². The van der Waals surface area contributed by atoms with E-state index in [4.69, 9.17) is 23.2 Å². The minimum atomic E-state index is -4.11. The van der Waals surface area contributed by atoms with E-state index < -0.39 is 22.1 Å². The van der Waals surface area contributed by atoms with Gasteiger partial charge in [0.1, 0.15) is 10.6 Å². The van der Waals surface area contributed by atoms with Gasteiger partial charge < -0.3 is 4.98 Å². The SMILES string of the molecule is O=S(=O)(Nc1cnn(CCCl)c1C(F)F)c1c[nH]c2cc(Cl)ccc12. The van der Waals surface area contributed by atoms with E-state index in [1.165, 1.54) is 12.3 Å². The second-order valence-electron chi connectivity index (χ2n) is 5.10. The monoisotopic (exact) mass is 408 g/mol. The molecule has 0 bridgehead atoms. The molecule has 2 heterocycles. The predicted octanol–water partition coefficient (Wildman–Crippen LogP) is 4.00. The van der Waals surface area contributed by atoms with E-state index in [0.717, 1.165) is 10.9 Å². The number of sulfonamides is 1. The van der Waals surface area contributed by atoms with E-state index in [9.17, 15) is 17.2 Å². The fraction of sp³-hybridized carbons (Fsp3) is 0.214. The van der Waals surface area contributed by atoms with Gasteiger partial charge in [0.25, 0.3) is 16.4 Å². The van der Waals surface area contributed by atoms with E-state index >= 15 is 0 Å². The van der Waals surface area contributed by atoms with Crippen LogP contribution in [0.2, 0.25) is 5.02 Å². The van der Waals surface area contributed by atoms with E-state index in [1.807, 2.05) is 0 Å². The van der Waals surface area contributed by atoms with Crippen molar-refractivity contribution in [2.45, 2.75) is 17.9 Å². The van der Waals surface area contributed by atoms with Crippen molar-refractivity contribution < 1.29 is 17.2 Å². The molecule has 0 aliphatic rings. The van der Waals surface area contributed by atoms with Gasteiger partial charge >= 0.3 is 0 Å². The first kappa shape index (κ1) is 18.0. The second kappa shape index (κ2) is 6.81. The summed E-state index contributed by atoms with van der Waals surface area (Å²) >= 11 is 11.4. The molecule has 0 aliphatic carbocycles. The number of H-pyrrole nitrogens is 1. The number of hydrogen-bond donors (Lipinski definition) is 2. The molecular weight excluding hydrogens is 397 g/mol. The molecule has 2 aromatic heterocycles. The Morgan fingerprint density at radius 3 is 2.80 bits per heavy atom. The Morgan fingerprint density at radius 1 is 1.36 bits per heavy atom. The molecule has 0 fully saturated rings. The van der Waals surface area contributed by atoms with Gasteiger partial charge in [0.2, 0.25) is 0 Å². The number of aromatic amines is 1. The lowest BCUT2D eigenvalue weighted by atomic mass is 10.2. The van der Waals surface area contributed by atoms with Crippen LogP contribution in [0.1, 0.15) is 12.1 Å². The number of alkyl halides is 3. The summed E-state index contributed by atoms with van der Waals surface area (Å²) in [6.07, 6.45) is -0.600. The highest BCUT2D eigenvalue weighted by atomic mass is 35.5. The molecule has 0 aliphatic heterocycles. The number of halogens is 4. The summed E-state index contributed by atoms with van der Waals surface area (Å²) in [6.45, 7) is 0.0363. The first-order valence-corrected chi connectivity index (χ1v) is 9.42. The molecule has 0 spiro atoms. The molecule has 0 saturated heterocycles. The Hall–Kier alpha value is -1.84. The molecular formula is C14H12Cl2F2N4O2S. The zero-order valence-corrected chi connectivity index (χ0v) is 14.8. The van der Waals surface area contributed by atoms with Crippen LogP contribution in [0.5, 0.6) is 0 Å². The van der Waals surface area contributed by atoms with E-state index in [-0.39, 0.29) is 23.0 Å². The molecule has 25 heavy (non-hydrogen) atoms. The second-order valence-corrected chi connectivity index (χ2v) is 7.57. The lowest BCUT2D eigenvalue weighted by Gasteiger charge is -2.10. The van der Waals surface area contributed by atoms with Crippen LogP contribution in [-0.2, 0) is 16.6 Å². The zero-order valence-electron chi connectivity index (χ0n) is 12.5. The summed E-state index contributed by atoms with van der Waals surface area (Å²) in [5.74, 6) is 0.0663. The smallest absolute Gasteiger partial charge is 0.282 e. The molecule has 134 valence electrons. The molecule has 0 amide bonds. The summed E-state index contributed by atoms with van der Waals surface area (Å²) in [5.41, 5.74) is -0.310. The molecule has 0 unspecified atom stereocenters. The number of nitrogens with one attached hydrogen (secondary N) is 2. The van der Waals surface area contributed by atoms with Gasteiger partial charge in [-0.05, 0) is 18.2 Å². The average Bonchev–Trinajstić information content (AvgIpc) is 3.11. The highest BCUT2D eigenvalue weighted by molar-refractivity contribution is 7.93. The first-order chi connectivity index (χ1) is 11.8. The lowest BCUT2D eigenvalue weighted by molar-refractivity contribution is 0.140. The van der Waals surface area contributed by atoms with Crippen molar-refractivity contribution in [3.63, 3.8) is 0 Å². The van der Waals surface area contributed by atoms with Crippen LogP contribution in [0.3, 0.4) is 0 Å². The van der Waals surface area contributed by atoms with Gasteiger partial charge in [-0.25, -0.2) is 17.2 Å². The lowest BCUT2D eigenvalue weighted by Crippen LogP contribution is -2.15. The molecule has 2 N–H and O–H groups in total. The number of fused-ring (bicyclic) bond motifs is 1. The summed E-state index contributed by atoms with van der Waals surface area (Å²) in [7, 11) is -4.11. The fourth-order valence-electron chi connectivity index (χ4n) is 2.46. The Kier molecular flexibility index (Phi) is 4.90. The molecule has 0 saturated carbocycles. The maximum Gasteiger partial charge on any atom is 0.282 e. The summed E-state index contributed by atoms with van der Waals surface area (Å²) in [6, 6.07) is 4.65. The Balaban J connectivity index is 2.01. The molecule has 6 nitrogen and oxygen atoms in total. The average molecular weight is 409 g/mol. The number of anilines is 1. The van der Waals surface area contributed by atoms with E-state index in [0.29, 0.717) is 15.9 Å². The van der Waals surface area contributed by atoms with Crippen LogP contribution >= 0.6 is 23.2 Å². The van der Waals surface area contributed by atoms with Crippen LogP contribution in [-0.4, -0.2) is 29.1 Å². The van der Waals surface area contributed by atoms with Gasteiger partial charge in [-0.3, -0.25) is 9.40 Å². The molecule has 0 atom stereocenters. The van der Waals surface area contributed by atoms with Crippen LogP contribution in [0, 0.1) is 0 Å². The van der Waals surface area contributed by atoms with Crippen molar-refractivity contribution >= 4 is 49.8 Å². The third-order valence-electron chi connectivity index (χ3n) is 3.52. The van der Waals surface area contributed by atoms with E-state index in [2.05, 4.69) is 14.8 Å². The molecule has 0 radical (unpaired) electrons. The summed E-state index contributed by atoms with van der Waals surface area (Å²) in [5, 5.41) is 4.60. The Bertz CT molecular complexity index is 1020.